The van der Waals surface area contributed by atoms with Crippen LogP contribution in [0.5, 0.6) is 5.75 Å². The molecule has 3 unspecified atom stereocenters. The molecular formula is C22H32N6O. The Hall–Kier alpha value is -2.57. The third-order valence-electron chi connectivity index (χ3n) is 6.30. The molecule has 7 heteroatoms. The van der Waals surface area contributed by atoms with Crippen molar-refractivity contribution >= 4 is 5.96 Å². The van der Waals surface area contributed by atoms with Gasteiger partial charge in [-0.3, -0.25) is 0 Å². The van der Waals surface area contributed by atoms with Crippen molar-refractivity contribution in [3.63, 3.8) is 0 Å². The summed E-state index contributed by atoms with van der Waals surface area (Å²) in [4.78, 5) is 4.87. The molecule has 1 aromatic heterocycles. The minimum absolute atomic E-state index is 0.553. The normalized spacial score (nSPS) is 23.4. The maximum atomic E-state index is 5.25. The SMILES string of the molecule is CCc1nncn1CCNC(=NCc1ccc(OC)cc1)NC1CC2CCC1C2. The lowest BCUT2D eigenvalue weighted by molar-refractivity contribution is 0.387. The van der Waals surface area contributed by atoms with Crippen molar-refractivity contribution in [3.8, 4) is 5.75 Å². The number of hydrogen-bond donors (Lipinski definition) is 2. The summed E-state index contributed by atoms with van der Waals surface area (Å²) in [5, 5.41) is 15.4. The molecule has 4 rings (SSSR count). The lowest BCUT2D eigenvalue weighted by atomic mass is 9.95. The van der Waals surface area contributed by atoms with Gasteiger partial charge in [-0.15, -0.1) is 10.2 Å². The third kappa shape index (κ3) is 4.89. The van der Waals surface area contributed by atoms with Gasteiger partial charge in [0.25, 0.3) is 0 Å². The fourth-order valence-corrected chi connectivity index (χ4v) is 4.69. The van der Waals surface area contributed by atoms with Crippen LogP contribution >= 0.6 is 0 Å². The van der Waals surface area contributed by atoms with Crippen molar-refractivity contribution in [1.82, 2.24) is 25.4 Å². The molecule has 1 heterocycles. The number of ether oxygens (including phenoxy) is 1. The molecular weight excluding hydrogens is 364 g/mol. The number of aryl methyl sites for hydroxylation is 1. The van der Waals surface area contributed by atoms with Crippen LogP contribution in [-0.2, 0) is 19.5 Å². The van der Waals surface area contributed by atoms with Gasteiger partial charge in [-0.25, -0.2) is 4.99 Å². The molecule has 7 nitrogen and oxygen atoms in total. The first-order chi connectivity index (χ1) is 14.2. The van der Waals surface area contributed by atoms with Gasteiger partial charge in [0.15, 0.2) is 5.96 Å². The molecule has 2 aromatic rings. The van der Waals surface area contributed by atoms with Crippen molar-refractivity contribution in [3.05, 3.63) is 42.0 Å². The van der Waals surface area contributed by atoms with Crippen LogP contribution in [0, 0.1) is 11.8 Å². The molecule has 2 N–H and O–H groups in total. The van der Waals surface area contributed by atoms with E-state index in [0.29, 0.717) is 12.6 Å². The fraction of sp³-hybridized carbons (Fsp3) is 0.591. The van der Waals surface area contributed by atoms with Crippen LogP contribution in [-0.4, -0.2) is 40.4 Å². The molecule has 2 aliphatic rings. The van der Waals surface area contributed by atoms with Gasteiger partial charge in [0.1, 0.15) is 17.9 Å². The fourth-order valence-electron chi connectivity index (χ4n) is 4.69. The highest BCUT2D eigenvalue weighted by atomic mass is 16.5. The van der Waals surface area contributed by atoms with E-state index in [1.54, 1.807) is 13.4 Å². The van der Waals surface area contributed by atoms with Crippen molar-refractivity contribution in [2.45, 2.75) is 58.2 Å². The lowest BCUT2D eigenvalue weighted by Crippen LogP contribution is -2.46. The van der Waals surface area contributed by atoms with Gasteiger partial charge in [-0.1, -0.05) is 25.5 Å². The first kappa shape index (κ1) is 19.7. The molecule has 0 saturated heterocycles. The minimum Gasteiger partial charge on any atom is -0.497 e. The van der Waals surface area contributed by atoms with E-state index in [0.717, 1.165) is 48.9 Å². The summed E-state index contributed by atoms with van der Waals surface area (Å²) in [5.41, 5.74) is 1.17. The predicted octanol–water partition coefficient (Wildman–Crippen LogP) is 2.77. The number of nitrogens with zero attached hydrogens (tertiary/aromatic N) is 4. The van der Waals surface area contributed by atoms with Crippen molar-refractivity contribution in [1.29, 1.82) is 0 Å². The van der Waals surface area contributed by atoms with Gasteiger partial charge >= 0.3 is 0 Å². The largest absolute Gasteiger partial charge is 0.497 e. The van der Waals surface area contributed by atoms with E-state index in [2.05, 4.69) is 44.5 Å². The van der Waals surface area contributed by atoms with Crippen LogP contribution < -0.4 is 15.4 Å². The zero-order chi connectivity index (χ0) is 20.1. The van der Waals surface area contributed by atoms with Gasteiger partial charge in [0.2, 0.25) is 0 Å². The Morgan fingerprint density at radius 2 is 2.10 bits per heavy atom. The average Bonchev–Trinajstić information content (AvgIpc) is 3.49. The van der Waals surface area contributed by atoms with E-state index in [4.69, 9.17) is 9.73 Å². The summed E-state index contributed by atoms with van der Waals surface area (Å²) >= 11 is 0. The van der Waals surface area contributed by atoms with E-state index < -0.39 is 0 Å². The van der Waals surface area contributed by atoms with E-state index in [1.165, 1.54) is 31.2 Å². The second-order valence-electron chi connectivity index (χ2n) is 8.16. The molecule has 3 atom stereocenters. The van der Waals surface area contributed by atoms with Gasteiger partial charge < -0.3 is 19.9 Å². The quantitative estimate of drug-likeness (QED) is 0.530. The summed E-state index contributed by atoms with van der Waals surface area (Å²) < 4.78 is 7.35. The Kier molecular flexibility index (Phi) is 6.32. The van der Waals surface area contributed by atoms with E-state index >= 15 is 0 Å². The predicted molar refractivity (Wildman–Crippen MR) is 114 cm³/mol. The Morgan fingerprint density at radius 3 is 2.79 bits per heavy atom. The zero-order valence-corrected chi connectivity index (χ0v) is 17.5. The molecule has 0 aliphatic heterocycles. The van der Waals surface area contributed by atoms with Crippen LogP contribution in [0.1, 0.15) is 44.0 Å². The molecule has 0 spiro atoms. The second-order valence-corrected chi connectivity index (χ2v) is 8.16. The standard InChI is InChI=1S/C22H32N6O/c1-3-21-27-25-15-28(21)11-10-23-22(26-20-13-17-4-7-18(20)12-17)24-14-16-5-8-19(29-2)9-6-16/h5-6,8-9,15,17-18,20H,3-4,7,10-14H2,1-2H3,(H2,23,24,26). The first-order valence-electron chi connectivity index (χ1n) is 10.8. The number of nitrogens with one attached hydrogen (secondary N) is 2. The zero-order valence-electron chi connectivity index (χ0n) is 17.5. The lowest BCUT2D eigenvalue weighted by Gasteiger charge is -2.25. The number of hydrogen-bond acceptors (Lipinski definition) is 4. The Bertz CT molecular complexity index is 815. The van der Waals surface area contributed by atoms with E-state index in [1.807, 2.05) is 12.1 Å². The van der Waals surface area contributed by atoms with Crippen LogP contribution in [0.4, 0.5) is 0 Å². The number of methoxy groups -OCH3 is 1. The first-order valence-corrected chi connectivity index (χ1v) is 10.8. The molecule has 2 saturated carbocycles. The van der Waals surface area contributed by atoms with Gasteiger partial charge in [-0.05, 0) is 48.8 Å². The maximum Gasteiger partial charge on any atom is 0.191 e. The summed E-state index contributed by atoms with van der Waals surface area (Å²) in [6.45, 7) is 4.37. The Balaban J connectivity index is 1.38. The summed E-state index contributed by atoms with van der Waals surface area (Å²) in [5.74, 6) is 4.51. The molecule has 1 aromatic carbocycles. The molecule has 2 fully saturated rings. The highest BCUT2D eigenvalue weighted by Gasteiger charge is 2.39. The summed E-state index contributed by atoms with van der Waals surface area (Å²) in [6, 6.07) is 8.67. The van der Waals surface area contributed by atoms with Gasteiger partial charge in [-0.2, -0.15) is 0 Å². The summed E-state index contributed by atoms with van der Waals surface area (Å²) in [6.07, 6.45) is 8.11. The number of rotatable bonds is 8. The van der Waals surface area contributed by atoms with Crippen LogP contribution in [0.25, 0.3) is 0 Å². The number of aromatic nitrogens is 3. The molecule has 0 radical (unpaired) electrons. The summed E-state index contributed by atoms with van der Waals surface area (Å²) in [7, 11) is 1.69. The van der Waals surface area contributed by atoms with E-state index in [-0.39, 0.29) is 0 Å². The monoisotopic (exact) mass is 396 g/mol. The van der Waals surface area contributed by atoms with E-state index in [9.17, 15) is 0 Å². The number of aliphatic imine (C=N–C) groups is 1. The van der Waals surface area contributed by atoms with Crippen molar-refractivity contribution < 1.29 is 4.74 Å². The average molecular weight is 397 g/mol. The van der Waals surface area contributed by atoms with Crippen molar-refractivity contribution in [2.75, 3.05) is 13.7 Å². The second kappa shape index (κ2) is 9.29. The third-order valence-corrected chi connectivity index (χ3v) is 6.30. The maximum absolute atomic E-state index is 5.25. The minimum atomic E-state index is 0.553. The van der Waals surface area contributed by atoms with Crippen LogP contribution in [0.15, 0.2) is 35.6 Å². The Labute approximate surface area is 173 Å². The molecule has 2 bridgehead atoms. The number of benzene rings is 1. The van der Waals surface area contributed by atoms with Crippen molar-refractivity contribution in [2.24, 2.45) is 16.8 Å². The topological polar surface area (TPSA) is 76.4 Å². The number of fused-ring (bicyclic) bond motifs is 2. The molecule has 0 amide bonds. The highest BCUT2D eigenvalue weighted by molar-refractivity contribution is 5.80. The van der Waals surface area contributed by atoms with Crippen LogP contribution in [0.3, 0.4) is 0 Å². The molecule has 156 valence electrons. The molecule has 2 aliphatic carbocycles. The van der Waals surface area contributed by atoms with Crippen LogP contribution in [0.2, 0.25) is 0 Å². The smallest absolute Gasteiger partial charge is 0.191 e. The van der Waals surface area contributed by atoms with Gasteiger partial charge in [0, 0.05) is 25.6 Å². The Morgan fingerprint density at radius 1 is 1.24 bits per heavy atom. The highest BCUT2D eigenvalue weighted by Crippen LogP contribution is 2.44. The number of guanidine groups is 1. The molecule has 29 heavy (non-hydrogen) atoms. The van der Waals surface area contributed by atoms with Gasteiger partial charge in [0.05, 0.1) is 13.7 Å².